The summed E-state index contributed by atoms with van der Waals surface area (Å²) >= 11 is 1.56. The number of para-hydroxylation sites is 1. The van der Waals surface area contributed by atoms with Crippen molar-refractivity contribution in [1.82, 2.24) is 4.98 Å². The number of rotatable bonds is 7. The lowest BCUT2D eigenvalue weighted by atomic mass is 10.1. The van der Waals surface area contributed by atoms with E-state index in [9.17, 15) is 9.59 Å². The Morgan fingerprint density at radius 3 is 2.65 bits per heavy atom. The van der Waals surface area contributed by atoms with Gasteiger partial charge in [-0.2, -0.15) is 0 Å². The molecule has 0 atom stereocenters. The molecule has 4 rings (SSSR count). The molecule has 2 aromatic carbocycles. The number of carbonyl (C=O) groups is 2. The zero-order chi connectivity index (χ0) is 21.8. The first-order chi connectivity index (χ1) is 15.0. The van der Waals surface area contributed by atoms with Crippen LogP contribution in [0.3, 0.4) is 0 Å². The minimum Gasteiger partial charge on any atom is -0.493 e. The average Bonchev–Trinajstić information content (AvgIpc) is 3.32. The van der Waals surface area contributed by atoms with Gasteiger partial charge in [0, 0.05) is 17.1 Å². The van der Waals surface area contributed by atoms with Crippen LogP contribution in [0.25, 0.3) is 21.5 Å². The molecule has 0 aliphatic rings. The molecular formula is C23H19N3O4S. The van der Waals surface area contributed by atoms with E-state index < -0.39 is 5.91 Å². The molecule has 0 saturated heterocycles. The Labute approximate surface area is 182 Å². The van der Waals surface area contributed by atoms with Crippen molar-refractivity contribution in [3.05, 3.63) is 71.6 Å². The molecule has 4 aromatic rings. The van der Waals surface area contributed by atoms with Crippen LogP contribution >= 0.6 is 11.3 Å². The summed E-state index contributed by atoms with van der Waals surface area (Å²) in [7, 11) is 1.49. The highest BCUT2D eigenvalue weighted by atomic mass is 32.1. The highest BCUT2D eigenvalue weighted by Gasteiger charge is 2.16. The maximum Gasteiger partial charge on any atom is 0.256 e. The third-order valence-corrected chi connectivity index (χ3v) is 5.42. The van der Waals surface area contributed by atoms with Crippen LogP contribution in [0.4, 0.5) is 5.69 Å². The van der Waals surface area contributed by atoms with Crippen LogP contribution in [-0.2, 0) is 4.79 Å². The summed E-state index contributed by atoms with van der Waals surface area (Å²) in [5.41, 5.74) is 7.62. The second-order valence-corrected chi connectivity index (χ2v) is 7.57. The highest BCUT2D eigenvalue weighted by molar-refractivity contribution is 7.13. The number of aromatic nitrogens is 1. The summed E-state index contributed by atoms with van der Waals surface area (Å²) in [5, 5.41) is 5.61. The summed E-state index contributed by atoms with van der Waals surface area (Å²) in [6.07, 6.45) is 0. The van der Waals surface area contributed by atoms with E-state index in [-0.39, 0.29) is 12.5 Å². The number of benzene rings is 2. The van der Waals surface area contributed by atoms with Crippen LogP contribution in [0.15, 0.2) is 66.0 Å². The molecule has 156 valence electrons. The largest absolute Gasteiger partial charge is 0.493 e. The SMILES string of the molecule is COc1ccc(NC(=O)c2cc(-c3cccs3)nc3ccccc23)cc1OCC(N)=O. The maximum atomic E-state index is 13.2. The van der Waals surface area contributed by atoms with Crippen LogP contribution in [-0.4, -0.2) is 30.5 Å². The van der Waals surface area contributed by atoms with Crippen molar-refractivity contribution in [2.24, 2.45) is 5.73 Å². The predicted octanol–water partition coefficient (Wildman–Crippen LogP) is 4.09. The Morgan fingerprint density at radius 2 is 1.90 bits per heavy atom. The highest BCUT2D eigenvalue weighted by Crippen LogP contribution is 2.32. The third kappa shape index (κ3) is 4.49. The molecule has 0 unspecified atom stereocenters. The molecule has 0 saturated carbocycles. The number of thiophene rings is 1. The number of nitrogens with zero attached hydrogens (tertiary/aromatic N) is 1. The Hall–Kier alpha value is -3.91. The number of hydrogen-bond donors (Lipinski definition) is 2. The van der Waals surface area contributed by atoms with E-state index in [1.807, 2.05) is 41.8 Å². The molecule has 0 bridgehead atoms. The standard InChI is InChI=1S/C23H19N3O4S/c1-29-19-9-8-14(11-20(19)30-13-22(24)27)25-23(28)16-12-18(21-7-4-10-31-21)26-17-6-3-2-5-15(16)17/h2-12H,13H2,1H3,(H2,24,27)(H,25,28). The molecular weight excluding hydrogens is 414 g/mol. The Bertz CT molecular complexity index is 1260. The fourth-order valence-electron chi connectivity index (χ4n) is 3.13. The molecule has 0 fully saturated rings. The number of primary amides is 1. The lowest BCUT2D eigenvalue weighted by Gasteiger charge is -2.13. The number of pyridine rings is 1. The van der Waals surface area contributed by atoms with Crippen molar-refractivity contribution in [2.45, 2.75) is 0 Å². The van der Waals surface area contributed by atoms with E-state index in [0.29, 0.717) is 22.7 Å². The first-order valence-electron chi connectivity index (χ1n) is 9.39. The van der Waals surface area contributed by atoms with Crippen LogP contribution in [0.1, 0.15) is 10.4 Å². The Morgan fingerprint density at radius 1 is 1.06 bits per heavy atom. The quantitative estimate of drug-likeness (QED) is 0.457. The topological polar surface area (TPSA) is 104 Å². The molecule has 31 heavy (non-hydrogen) atoms. The van der Waals surface area contributed by atoms with Gasteiger partial charge in [-0.15, -0.1) is 11.3 Å². The van der Waals surface area contributed by atoms with E-state index in [1.54, 1.807) is 35.6 Å². The summed E-state index contributed by atoms with van der Waals surface area (Å²) in [5.74, 6) is -0.171. The number of nitrogens with two attached hydrogens (primary N) is 1. The first-order valence-corrected chi connectivity index (χ1v) is 10.3. The van der Waals surface area contributed by atoms with Gasteiger partial charge in [0.15, 0.2) is 18.1 Å². The number of nitrogens with one attached hydrogen (secondary N) is 1. The van der Waals surface area contributed by atoms with Gasteiger partial charge in [-0.3, -0.25) is 9.59 Å². The fraction of sp³-hybridized carbons (Fsp3) is 0.0870. The number of hydrogen-bond acceptors (Lipinski definition) is 6. The second kappa shape index (κ2) is 8.85. The van der Waals surface area contributed by atoms with Crippen molar-refractivity contribution in [3.63, 3.8) is 0 Å². The average molecular weight is 433 g/mol. The van der Waals surface area contributed by atoms with Gasteiger partial charge in [0.1, 0.15) is 0 Å². The van der Waals surface area contributed by atoms with Crippen LogP contribution in [0.5, 0.6) is 11.5 Å². The van der Waals surface area contributed by atoms with E-state index >= 15 is 0 Å². The molecule has 2 amide bonds. The van der Waals surface area contributed by atoms with Crippen molar-refractivity contribution in [3.8, 4) is 22.1 Å². The molecule has 3 N–H and O–H groups in total. The minimum atomic E-state index is -0.610. The van der Waals surface area contributed by atoms with Gasteiger partial charge in [-0.05, 0) is 35.7 Å². The van der Waals surface area contributed by atoms with Crippen LogP contribution < -0.4 is 20.5 Å². The van der Waals surface area contributed by atoms with E-state index in [4.69, 9.17) is 20.2 Å². The molecule has 7 nitrogen and oxygen atoms in total. The zero-order valence-corrected chi connectivity index (χ0v) is 17.4. The molecule has 2 heterocycles. The molecule has 0 aliphatic heterocycles. The molecule has 2 aromatic heterocycles. The predicted molar refractivity (Wildman–Crippen MR) is 121 cm³/mol. The second-order valence-electron chi connectivity index (χ2n) is 6.62. The molecule has 0 aliphatic carbocycles. The normalized spacial score (nSPS) is 10.6. The van der Waals surface area contributed by atoms with Crippen LogP contribution in [0, 0.1) is 0 Å². The zero-order valence-electron chi connectivity index (χ0n) is 16.6. The van der Waals surface area contributed by atoms with Crippen molar-refractivity contribution < 1.29 is 19.1 Å². The number of fused-ring (bicyclic) bond motifs is 1. The number of ether oxygens (including phenoxy) is 2. The van der Waals surface area contributed by atoms with Crippen molar-refractivity contribution in [1.29, 1.82) is 0 Å². The minimum absolute atomic E-state index is 0.289. The van der Waals surface area contributed by atoms with Gasteiger partial charge in [0.25, 0.3) is 11.8 Å². The fourth-order valence-corrected chi connectivity index (χ4v) is 3.81. The summed E-state index contributed by atoms with van der Waals surface area (Å²) in [6, 6.07) is 18.1. The third-order valence-electron chi connectivity index (χ3n) is 4.53. The monoisotopic (exact) mass is 433 g/mol. The van der Waals surface area contributed by atoms with E-state index in [1.165, 1.54) is 7.11 Å². The van der Waals surface area contributed by atoms with Gasteiger partial charge in [-0.25, -0.2) is 4.98 Å². The smallest absolute Gasteiger partial charge is 0.256 e. The Kier molecular flexibility index (Phi) is 5.81. The van der Waals surface area contributed by atoms with Crippen molar-refractivity contribution in [2.75, 3.05) is 19.0 Å². The van der Waals surface area contributed by atoms with Crippen LogP contribution in [0.2, 0.25) is 0 Å². The van der Waals surface area contributed by atoms with Gasteiger partial charge in [0.2, 0.25) is 0 Å². The summed E-state index contributed by atoms with van der Waals surface area (Å²) in [4.78, 5) is 29.9. The van der Waals surface area contributed by atoms with Gasteiger partial charge >= 0.3 is 0 Å². The first kappa shape index (κ1) is 20.4. The van der Waals surface area contributed by atoms with E-state index in [2.05, 4.69) is 5.32 Å². The number of amides is 2. The van der Waals surface area contributed by atoms with E-state index in [0.717, 1.165) is 21.5 Å². The lowest BCUT2D eigenvalue weighted by molar-refractivity contribution is -0.119. The summed E-state index contributed by atoms with van der Waals surface area (Å²) in [6.45, 7) is -0.299. The van der Waals surface area contributed by atoms with Gasteiger partial charge < -0.3 is 20.5 Å². The van der Waals surface area contributed by atoms with Crippen molar-refractivity contribution >= 4 is 39.7 Å². The number of anilines is 1. The van der Waals surface area contributed by atoms with Gasteiger partial charge in [-0.1, -0.05) is 24.3 Å². The maximum absolute atomic E-state index is 13.2. The molecule has 0 radical (unpaired) electrons. The lowest BCUT2D eigenvalue weighted by Crippen LogP contribution is -2.20. The van der Waals surface area contributed by atoms with Gasteiger partial charge in [0.05, 0.1) is 28.8 Å². The molecule has 0 spiro atoms. The number of carbonyl (C=O) groups excluding carboxylic acids is 2. The molecule has 8 heteroatoms. The Balaban J connectivity index is 1.69. The summed E-state index contributed by atoms with van der Waals surface area (Å²) < 4.78 is 10.6. The number of methoxy groups -OCH3 is 1.